The zero-order valence-electron chi connectivity index (χ0n) is 26.2. The maximum Gasteiger partial charge on any atom is 0.416 e. The molecule has 2 atom stereocenters. The summed E-state index contributed by atoms with van der Waals surface area (Å²) in [6, 6.07) is 19.4. The van der Waals surface area contributed by atoms with Crippen LogP contribution in [-0.4, -0.2) is 65.6 Å². The predicted octanol–water partition coefficient (Wildman–Crippen LogP) is 4.92. The Labute approximate surface area is 270 Å². The van der Waals surface area contributed by atoms with Gasteiger partial charge in [0.25, 0.3) is 11.8 Å². The van der Waals surface area contributed by atoms with Crippen LogP contribution in [-0.2, 0) is 22.3 Å². The molecule has 5 rings (SSSR count). The fourth-order valence-electron chi connectivity index (χ4n) is 5.67. The third-order valence-corrected chi connectivity index (χ3v) is 7.87. The lowest BCUT2D eigenvalue weighted by Gasteiger charge is -2.38. The van der Waals surface area contributed by atoms with E-state index in [4.69, 9.17) is 0 Å². The molecule has 12 heteroatoms. The van der Waals surface area contributed by atoms with Gasteiger partial charge in [0, 0.05) is 42.8 Å². The highest BCUT2D eigenvalue weighted by Gasteiger charge is 2.45. The lowest BCUT2D eigenvalue weighted by Crippen LogP contribution is -2.55. The number of aromatic nitrogens is 2. The Bertz CT molecular complexity index is 1780. The van der Waals surface area contributed by atoms with Crippen molar-refractivity contribution in [1.82, 2.24) is 25.3 Å². The second-order valence-electron chi connectivity index (χ2n) is 11.3. The molecule has 0 saturated carbocycles. The molecule has 1 aromatic heterocycles. The summed E-state index contributed by atoms with van der Waals surface area (Å²) in [7, 11) is 3.78. The average Bonchev–Trinajstić information content (AvgIpc) is 3.49. The molecule has 0 bridgehead atoms. The first-order valence-corrected chi connectivity index (χ1v) is 15.1. The number of benzene rings is 3. The number of fused-ring (bicyclic) bond motifs is 1. The molecule has 0 aliphatic carbocycles. The van der Waals surface area contributed by atoms with Gasteiger partial charge in [0.1, 0.15) is 11.9 Å². The van der Waals surface area contributed by atoms with Crippen molar-refractivity contribution in [3.8, 4) is 5.69 Å². The number of carbonyl (C=O) groups excluding carboxylic acids is 3. The third kappa shape index (κ3) is 7.28. The highest BCUT2D eigenvalue weighted by atomic mass is 19.4. The van der Waals surface area contributed by atoms with Gasteiger partial charge < -0.3 is 15.5 Å². The standard InChI is InChI=1S/C35H35F3N6O3/c1-4-43-33-28(22-40-44(33)26-15-6-5-7-16-26)30(27-17-9-8-12-24(27)21-39-29(45)18-11-19-42(2)3)31(34(43)47)41-32(46)23-13-10-14-25(20-23)35(36,37)38/h5-18,20,22,30-31H,4,19,21H2,1-3H3,(H,39,45)(H,41,46)/b18-11+/t30-,31+/m1/s1. The Morgan fingerprint density at radius 3 is 2.40 bits per heavy atom. The van der Waals surface area contributed by atoms with Crippen LogP contribution in [0.1, 0.15) is 45.5 Å². The van der Waals surface area contributed by atoms with Gasteiger partial charge in [-0.25, -0.2) is 4.68 Å². The van der Waals surface area contributed by atoms with Crippen LogP contribution in [0.3, 0.4) is 0 Å². The number of nitrogens with one attached hydrogen (secondary N) is 2. The van der Waals surface area contributed by atoms with Gasteiger partial charge in [0.05, 0.1) is 17.4 Å². The number of nitrogens with zero attached hydrogens (tertiary/aromatic N) is 4. The van der Waals surface area contributed by atoms with E-state index in [1.54, 1.807) is 36.0 Å². The van der Waals surface area contributed by atoms with E-state index in [1.807, 2.05) is 61.5 Å². The predicted molar refractivity (Wildman–Crippen MR) is 172 cm³/mol. The second-order valence-corrected chi connectivity index (χ2v) is 11.3. The highest BCUT2D eigenvalue weighted by molar-refractivity contribution is 6.05. The Morgan fingerprint density at radius 1 is 0.979 bits per heavy atom. The van der Waals surface area contributed by atoms with Crippen molar-refractivity contribution in [3.63, 3.8) is 0 Å². The first-order valence-electron chi connectivity index (χ1n) is 15.1. The number of amides is 3. The number of para-hydroxylation sites is 1. The first kappa shape index (κ1) is 33.1. The van der Waals surface area contributed by atoms with Crippen LogP contribution in [0.5, 0.6) is 0 Å². The Morgan fingerprint density at radius 2 is 1.70 bits per heavy atom. The molecule has 9 nitrogen and oxygen atoms in total. The van der Waals surface area contributed by atoms with Crippen molar-refractivity contribution in [2.75, 3.05) is 32.1 Å². The van der Waals surface area contributed by atoms with Crippen molar-refractivity contribution >= 4 is 23.5 Å². The molecule has 47 heavy (non-hydrogen) atoms. The van der Waals surface area contributed by atoms with Gasteiger partial charge in [-0.15, -0.1) is 0 Å². The van der Waals surface area contributed by atoms with E-state index < -0.39 is 35.5 Å². The Kier molecular flexibility index (Phi) is 9.90. The van der Waals surface area contributed by atoms with Gasteiger partial charge >= 0.3 is 6.18 Å². The van der Waals surface area contributed by atoms with E-state index in [1.165, 1.54) is 17.0 Å². The van der Waals surface area contributed by atoms with Crippen LogP contribution in [0.15, 0.2) is 97.2 Å². The van der Waals surface area contributed by atoms with Crippen molar-refractivity contribution in [1.29, 1.82) is 0 Å². The molecule has 0 spiro atoms. The molecular weight excluding hydrogens is 609 g/mol. The van der Waals surface area contributed by atoms with Gasteiger partial charge in [0.2, 0.25) is 5.91 Å². The lowest BCUT2D eigenvalue weighted by atomic mass is 9.80. The Balaban J connectivity index is 1.58. The molecule has 0 unspecified atom stereocenters. The van der Waals surface area contributed by atoms with Gasteiger partial charge in [-0.2, -0.15) is 18.3 Å². The molecule has 0 saturated heterocycles. The molecule has 2 N–H and O–H groups in total. The normalized spacial score (nSPS) is 16.4. The van der Waals surface area contributed by atoms with Crippen LogP contribution in [0, 0.1) is 0 Å². The largest absolute Gasteiger partial charge is 0.416 e. The molecule has 3 aromatic carbocycles. The minimum absolute atomic E-state index is 0.125. The summed E-state index contributed by atoms with van der Waals surface area (Å²) in [5.74, 6) is -1.85. The minimum atomic E-state index is -4.65. The number of rotatable bonds is 10. The zero-order chi connectivity index (χ0) is 33.7. The van der Waals surface area contributed by atoms with Gasteiger partial charge in [-0.05, 0) is 62.5 Å². The summed E-state index contributed by atoms with van der Waals surface area (Å²) in [5.41, 5.74) is 1.49. The monoisotopic (exact) mass is 644 g/mol. The summed E-state index contributed by atoms with van der Waals surface area (Å²) in [6.45, 7) is 2.75. The molecule has 0 fully saturated rings. The highest BCUT2D eigenvalue weighted by Crippen LogP contribution is 2.42. The number of likely N-dealkylation sites (N-methyl/N-ethyl adjacent to an activating group) is 2. The Hall–Kier alpha value is -5.23. The maximum absolute atomic E-state index is 14.3. The summed E-state index contributed by atoms with van der Waals surface area (Å²) < 4.78 is 42.1. The lowest BCUT2D eigenvalue weighted by molar-refractivity contribution is -0.137. The van der Waals surface area contributed by atoms with Gasteiger partial charge in [-0.1, -0.05) is 54.6 Å². The number of carbonyl (C=O) groups is 3. The third-order valence-electron chi connectivity index (χ3n) is 7.87. The van der Waals surface area contributed by atoms with Crippen LogP contribution >= 0.6 is 0 Å². The van der Waals surface area contributed by atoms with Crippen molar-refractivity contribution < 1.29 is 27.6 Å². The maximum atomic E-state index is 14.3. The van der Waals surface area contributed by atoms with Gasteiger partial charge in [0.15, 0.2) is 0 Å². The topological polar surface area (TPSA) is 99.6 Å². The molecule has 3 amide bonds. The van der Waals surface area contributed by atoms with Gasteiger partial charge in [-0.3, -0.25) is 19.3 Å². The fraction of sp³-hybridized carbons (Fsp3) is 0.257. The zero-order valence-corrected chi connectivity index (χ0v) is 26.2. The van der Waals surface area contributed by atoms with E-state index >= 15 is 0 Å². The van der Waals surface area contributed by atoms with E-state index in [-0.39, 0.29) is 24.6 Å². The minimum Gasteiger partial charge on any atom is -0.348 e. The average molecular weight is 645 g/mol. The molecule has 1 aliphatic rings. The van der Waals surface area contributed by atoms with Crippen molar-refractivity contribution in [3.05, 3.63) is 125 Å². The summed E-state index contributed by atoms with van der Waals surface area (Å²) >= 11 is 0. The number of alkyl halides is 3. The van der Waals surface area contributed by atoms with Crippen molar-refractivity contribution in [2.45, 2.75) is 31.6 Å². The SMILES string of the molecule is CCN1C(=O)[C@@H](NC(=O)c2cccc(C(F)(F)F)c2)[C@H](c2ccccc2CNC(=O)/C=C/CN(C)C)c2cnn(-c3ccccc3)c21. The number of hydrogen-bond donors (Lipinski definition) is 2. The summed E-state index contributed by atoms with van der Waals surface area (Å²) in [6.07, 6.45) is 0.186. The summed E-state index contributed by atoms with van der Waals surface area (Å²) in [5, 5.41) is 10.3. The van der Waals surface area contributed by atoms with E-state index in [9.17, 15) is 27.6 Å². The van der Waals surface area contributed by atoms with Crippen molar-refractivity contribution in [2.24, 2.45) is 0 Å². The van der Waals surface area contributed by atoms with E-state index in [0.29, 0.717) is 29.1 Å². The first-order chi connectivity index (χ1) is 22.5. The molecule has 2 heterocycles. The number of hydrogen-bond acceptors (Lipinski definition) is 5. The molecule has 0 radical (unpaired) electrons. The smallest absolute Gasteiger partial charge is 0.348 e. The summed E-state index contributed by atoms with van der Waals surface area (Å²) in [4.78, 5) is 43.9. The van der Waals surface area contributed by atoms with Crippen LogP contribution in [0.2, 0.25) is 0 Å². The van der Waals surface area contributed by atoms with Crippen LogP contribution in [0.25, 0.3) is 5.69 Å². The molecular formula is C35H35F3N6O3. The van der Waals surface area contributed by atoms with Crippen LogP contribution < -0.4 is 15.5 Å². The van der Waals surface area contributed by atoms with E-state index in [2.05, 4.69) is 15.7 Å². The molecule has 4 aromatic rings. The number of anilines is 1. The van der Waals surface area contributed by atoms with Crippen LogP contribution in [0.4, 0.5) is 19.0 Å². The number of halogens is 3. The fourth-order valence-corrected chi connectivity index (χ4v) is 5.67. The molecule has 244 valence electrons. The second kappa shape index (κ2) is 14.0. The quantitative estimate of drug-likeness (QED) is 0.239. The molecule has 1 aliphatic heterocycles. The van der Waals surface area contributed by atoms with E-state index in [0.717, 1.165) is 23.9 Å².